The Labute approximate surface area is 132 Å². The van der Waals surface area contributed by atoms with Gasteiger partial charge in [0, 0.05) is 6.08 Å². The molecule has 0 heterocycles. The minimum absolute atomic E-state index is 0.269. The van der Waals surface area contributed by atoms with E-state index in [1.807, 2.05) is 0 Å². The zero-order chi connectivity index (χ0) is 17.6. The summed E-state index contributed by atoms with van der Waals surface area (Å²) in [6, 6.07) is 4.04. The van der Waals surface area contributed by atoms with Gasteiger partial charge in [0.15, 0.2) is 11.5 Å². The number of aliphatic hydroxyl groups excluding tert-OH is 2. The Morgan fingerprint density at radius 2 is 1.74 bits per heavy atom. The van der Waals surface area contributed by atoms with Gasteiger partial charge in [-0.05, 0) is 37.6 Å². The summed E-state index contributed by atoms with van der Waals surface area (Å²) in [5, 5.41) is 45.1. The summed E-state index contributed by atoms with van der Waals surface area (Å²) < 4.78 is 9.89. The average molecular weight is 328 g/mol. The molecule has 1 aromatic rings. The van der Waals surface area contributed by atoms with Gasteiger partial charge in [-0.15, -0.1) is 0 Å². The first-order valence-electron chi connectivity index (χ1n) is 6.81. The maximum absolute atomic E-state index is 11.7. The van der Waals surface area contributed by atoms with Gasteiger partial charge in [0.25, 0.3) is 0 Å². The van der Waals surface area contributed by atoms with Crippen molar-refractivity contribution in [1.29, 1.82) is 0 Å². The number of rotatable bonds is 7. The van der Waals surface area contributed by atoms with Gasteiger partial charge < -0.3 is 35.0 Å². The number of phenolic OH excluding ortho intramolecular Hbond substituents is 2. The topological polar surface area (TPSA) is 137 Å². The fraction of sp³-hybridized carbons (Fsp3) is 0.400. The van der Waals surface area contributed by atoms with Crippen LogP contribution < -0.4 is 0 Å². The molecule has 0 saturated carbocycles. The van der Waals surface area contributed by atoms with Crippen molar-refractivity contribution in [3.05, 3.63) is 29.8 Å². The van der Waals surface area contributed by atoms with Crippen LogP contribution in [0.4, 0.5) is 0 Å². The molecular formula is C15H20O8. The van der Waals surface area contributed by atoms with Crippen LogP contribution in [0.1, 0.15) is 19.4 Å². The van der Waals surface area contributed by atoms with Gasteiger partial charge in [0.05, 0.1) is 6.10 Å². The fourth-order valence-electron chi connectivity index (χ4n) is 1.53. The predicted octanol–water partition coefficient (Wildman–Crippen LogP) is 0.0769. The number of phenols is 2. The molecule has 128 valence electrons. The third-order valence-electron chi connectivity index (χ3n) is 2.98. The van der Waals surface area contributed by atoms with Crippen LogP contribution >= 0.6 is 0 Å². The van der Waals surface area contributed by atoms with Crippen LogP contribution in [0.15, 0.2) is 24.3 Å². The molecule has 3 unspecified atom stereocenters. The number of aliphatic hydroxyl groups is 3. The minimum atomic E-state index is -2.05. The van der Waals surface area contributed by atoms with Crippen LogP contribution in [0, 0.1) is 0 Å². The molecule has 0 aromatic heterocycles. The molecule has 23 heavy (non-hydrogen) atoms. The number of esters is 1. The number of aromatic hydroxyl groups is 2. The molecule has 0 radical (unpaired) electrons. The van der Waals surface area contributed by atoms with Crippen molar-refractivity contribution in [3.8, 4) is 11.5 Å². The fourth-order valence-corrected chi connectivity index (χ4v) is 1.53. The Kier molecular flexibility index (Phi) is 6.98. The van der Waals surface area contributed by atoms with Crippen LogP contribution in [0.2, 0.25) is 0 Å². The molecule has 1 rings (SSSR count). The number of ether oxygens (including phenoxy) is 2. The number of carbonyl (C=O) groups is 1. The van der Waals surface area contributed by atoms with Gasteiger partial charge in [0.1, 0.15) is 6.10 Å². The van der Waals surface area contributed by atoms with Crippen molar-refractivity contribution in [2.24, 2.45) is 0 Å². The molecule has 1 aromatic carbocycles. The maximum atomic E-state index is 11.7. The van der Waals surface area contributed by atoms with E-state index in [0.717, 1.165) is 6.08 Å². The number of hydrogen-bond donors (Lipinski definition) is 5. The lowest BCUT2D eigenvalue weighted by atomic mass is 10.2. The molecule has 0 spiro atoms. The summed E-state index contributed by atoms with van der Waals surface area (Å²) in [7, 11) is 0. The molecule has 0 aliphatic heterocycles. The summed E-state index contributed by atoms with van der Waals surface area (Å²) in [6.45, 7) is 3.00. The largest absolute Gasteiger partial charge is 0.504 e. The van der Waals surface area contributed by atoms with E-state index in [1.165, 1.54) is 38.1 Å². The van der Waals surface area contributed by atoms with Gasteiger partial charge in [-0.2, -0.15) is 0 Å². The first-order chi connectivity index (χ1) is 10.7. The first-order valence-corrected chi connectivity index (χ1v) is 6.81. The molecule has 0 aliphatic rings. The summed E-state index contributed by atoms with van der Waals surface area (Å²) in [4.78, 5) is 11.7. The third kappa shape index (κ3) is 6.25. The molecule has 8 nitrogen and oxygen atoms in total. The Morgan fingerprint density at radius 1 is 1.09 bits per heavy atom. The zero-order valence-electron chi connectivity index (χ0n) is 12.7. The number of carbonyl (C=O) groups excluding carboxylic acids is 1. The molecule has 0 aliphatic carbocycles. The van der Waals surface area contributed by atoms with Crippen LogP contribution in [0.25, 0.3) is 6.08 Å². The highest BCUT2D eigenvalue weighted by Crippen LogP contribution is 2.25. The molecular weight excluding hydrogens is 308 g/mol. The summed E-state index contributed by atoms with van der Waals surface area (Å²) in [5.74, 6) is -1.28. The van der Waals surface area contributed by atoms with Crippen molar-refractivity contribution in [2.75, 3.05) is 0 Å². The molecule has 0 amide bonds. The minimum Gasteiger partial charge on any atom is -0.504 e. The van der Waals surface area contributed by atoms with E-state index < -0.39 is 30.8 Å². The molecule has 5 N–H and O–H groups in total. The number of benzene rings is 1. The van der Waals surface area contributed by atoms with Crippen molar-refractivity contribution in [2.45, 2.75) is 38.6 Å². The predicted molar refractivity (Wildman–Crippen MR) is 79.1 cm³/mol. The quantitative estimate of drug-likeness (QED) is 0.205. The van der Waals surface area contributed by atoms with E-state index in [1.54, 1.807) is 0 Å². The Hall–Kier alpha value is -2.13. The van der Waals surface area contributed by atoms with Gasteiger partial charge in [0.2, 0.25) is 12.6 Å². The normalized spacial score (nSPS) is 15.6. The molecule has 0 bridgehead atoms. The second-order valence-corrected chi connectivity index (χ2v) is 4.87. The van der Waals surface area contributed by atoms with Gasteiger partial charge in [-0.1, -0.05) is 6.07 Å². The van der Waals surface area contributed by atoms with Crippen LogP contribution in [0.5, 0.6) is 11.5 Å². The van der Waals surface area contributed by atoms with Crippen molar-refractivity contribution < 1.29 is 39.8 Å². The van der Waals surface area contributed by atoms with E-state index in [2.05, 4.69) is 0 Å². The maximum Gasteiger partial charge on any atom is 0.331 e. The third-order valence-corrected chi connectivity index (χ3v) is 2.98. The van der Waals surface area contributed by atoms with E-state index >= 15 is 0 Å². The highest BCUT2D eigenvalue weighted by molar-refractivity contribution is 5.87. The van der Waals surface area contributed by atoms with Crippen molar-refractivity contribution >= 4 is 12.0 Å². The Balaban J connectivity index is 2.54. The van der Waals surface area contributed by atoms with Crippen molar-refractivity contribution in [3.63, 3.8) is 0 Å². The van der Waals surface area contributed by atoms with Crippen LogP contribution in [0.3, 0.4) is 0 Å². The molecule has 0 saturated heterocycles. The van der Waals surface area contributed by atoms with E-state index in [4.69, 9.17) is 24.8 Å². The number of hydrogen-bond acceptors (Lipinski definition) is 8. The molecule has 8 heteroatoms. The highest BCUT2D eigenvalue weighted by Gasteiger charge is 2.22. The van der Waals surface area contributed by atoms with Crippen molar-refractivity contribution in [1.82, 2.24) is 0 Å². The first kappa shape index (κ1) is 18.9. The van der Waals surface area contributed by atoms with Crippen LogP contribution in [-0.4, -0.2) is 56.3 Å². The van der Waals surface area contributed by atoms with Crippen LogP contribution in [-0.2, 0) is 14.3 Å². The smallest absolute Gasteiger partial charge is 0.331 e. The molecule has 3 atom stereocenters. The highest BCUT2D eigenvalue weighted by atomic mass is 16.7. The second kappa shape index (κ2) is 8.49. The molecule has 0 fully saturated rings. The van der Waals surface area contributed by atoms with E-state index in [0.29, 0.717) is 5.56 Å². The summed E-state index contributed by atoms with van der Waals surface area (Å²) >= 11 is 0. The monoisotopic (exact) mass is 328 g/mol. The summed E-state index contributed by atoms with van der Waals surface area (Å²) in [5.41, 5.74) is 0.480. The lowest BCUT2D eigenvalue weighted by Crippen LogP contribution is -2.37. The zero-order valence-corrected chi connectivity index (χ0v) is 12.7. The van der Waals surface area contributed by atoms with Gasteiger partial charge in [-0.25, -0.2) is 4.79 Å². The average Bonchev–Trinajstić information content (AvgIpc) is 2.48. The Morgan fingerprint density at radius 3 is 2.30 bits per heavy atom. The lowest BCUT2D eigenvalue weighted by Gasteiger charge is -2.23. The standard InChI is InChI=1S/C15H20O8/c1-8(9(2)23-15(21)14(19)20)22-13(18)6-4-10-3-5-11(16)12(17)7-10/h3-9,14-17,19-21H,1-2H3/b6-4+. The Bertz CT molecular complexity index is 554. The van der Waals surface area contributed by atoms with Gasteiger partial charge in [-0.3, -0.25) is 0 Å². The van der Waals surface area contributed by atoms with E-state index in [-0.39, 0.29) is 11.5 Å². The second-order valence-electron chi connectivity index (χ2n) is 4.87. The lowest BCUT2D eigenvalue weighted by molar-refractivity contribution is -0.256. The summed E-state index contributed by atoms with van der Waals surface area (Å²) in [6.07, 6.45) is -2.89. The van der Waals surface area contributed by atoms with E-state index in [9.17, 15) is 15.0 Å². The SMILES string of the molecule is CC(OC(=O)/C=C/c1ccc(O)c(O)c1)C(C)OC(O)C(O)O. The van der Waals surface area contributed by atoms with Gasteiger partial charge >= 0.3 is 5.97 Å².